The number of esters is 1. The molecule has 8 nitrogen and oxygen atoms in total. The van der Waals surface area contributed by atoms with Crippen molar-refractivity contribution in [1.82, 2.24) is 10.5 Å². The lowest BCUT2D eigenvalue weighted by Gasteiger charge is -2.18. The second-order valence-corrected chi connectivity index (χ2v) is 6.12. The summed E-state index contributed by atoms with van der Waals surface area (Å²) >= 11 is 0. The summed E-state index contributed by atoms with van der Waals surface area (Å²) in [6.07, 6.45) is 1.53. The van der Waals surface area contributed by atoms with Crippen molar-refractivity contribution in [2.75, 3.05) is 11.9 Å². The zero-order valence-electron chi connectivity index (χ0n) is 15.4. The van der Waals surface area contributed by atoms with Gasteiger partial charge in [-0.3, -0.25) is 9.59 Å². The number of hydrogen-bond donors (Lipinski definition) is 2. The lowest BCUT2D eigenvalue weighted by Crippen LogP contribution is -2.44. The van der Waals surface area contributed by atoms with Gasteiger partial charge < -0.3 is 19.9 Å². The zero-order valence-corrected chi connectivity index (χ0v) is 15.4. The zero-order chi connectivity index (χ0) is 20.5. The van der Waals surface area contributed by atoms with Crippen molar-refractivity contribution in [1.29, 1.82) is 0 Å². The molecule has 148 valence electrons. The van der Waals surface area contributed by atoms with Gasteiger partial charge in [0.05, 0.1) is 0 Å². The number of carbonyl (C=O) groups is 3. The summed E-state index contributed by atoms with van der Waals surface area (Å²) in [6, 6.07) is 18.2. The number of benzene rings is 2. The predicted octanol–water partition coefficient (Wildman–Crippen LogP) is 2.20. The van der Waals surface area contributed by atoms with Gasteiger partial charge in [-0.2, -0.15) is 0 Å². The fraction of sp³-hybridized carbons (Fsp3) is 0.143. The van der Waals surface area contributed by atoms with Gasteiger partial charge in [-0.1, -0.05) is 53.7 Å². The lowest BCUT2D eigenvalue weighted by molar-refractivity contribution is -0.149. The van der Waals surface area contributed by atoms with Crippen molar-refractivity contribution in [2.45, 2.75) is 12.5 Å². The minimum absolute atomic E-state index is 0.212. The summed E-state index contributed by atoms with van der Waals surface area (Å²) in [5, 5.41) is 8.65. The highest BCUT2D eigenvalue weighted by molar-refractivity contribution is 5.97. The van der Waals surface area contributed by atoms with Gasteiger partial charge in [0.2, 0.25) is 0 Å². The van der Waals surface area contributed by atoms with Crippen molar-refractivity contribution >= 4 is 23.6 Å². The molecule has 1 atom stereocenters. The van der Waals surface area contributed by atoms with Crippen LogP contribution in [0.15, 0.2) is 77.5 Å². The van der Waals surface area contributed by atoms with Crippen LogP contribution in [0.1, 0.15) is 15.9 Å². The summed E-state index contributed by atoms with van der Waals surface area (Å²) in [6.45, 7) is -0.516. The number of anilines is 1. The number of hydrogen-bond acceptors (Lipinski definition) is 6. The highest BCUT2D eigenvalue weighted by atomic mass is 16.5. The van der Waals surface area contributed by atoms with Crippen molar-refractivity contribution in [3.8, 4) is 0 Å². The highest BCUT2D eigenvalue weighted by Crippen LogP contribution is 2.07. The van der Waals surface area contributed by atoms with E-state index in [9.17, 15) is 14.4 Å². The Balaban J connectivity index is 1.63. The molecule has 0 aliphatic rings. The second-order valence-electron chi connectivity index (χ2n) is 6.12. The first kappa shape index (κ1) is 19.8. The Morgan fingerprint density at radius 1 is 0.966 bits per heavy atom. The molecule has 2 N–H and O–H groups in total. The molecular weight excluding hydrogens is 374 g/mol. The molecule has 2 amide bonds. The molecule has 1 heterocycles. The molecule has 2 aromatic carbocycles. The molecule has 0 bridgehead atoms. The Morgan fingerprint density at radius 3 is 2.31 bits per heavy atom. The molecule has 0 fully saturated rings. The molecule has 0 spiro atoms. The van der Waals surface area contributed by atoms with Gasteiger partial charge in [0.1, 0.15) is 12.3 Å². The molecule has 0 saturated carbocycles. The van der Waals surface area contributed by atoms with Crippen LogP contribution in [0, 0.1) is 0 Å². The average molecular weight is 393 g/mol. The van der Waals surface area contributed by atoms with Crippen molar-refractivity contribution in [2.24, 2.45) is 0 Å². The number of rotatable bonds is 8. The fourth-order valence-electron chi connectivity index (χ4n) is 2.57. The highest BCUT2D eigenvalue weighted by Gasteiger charge is 2.24. The first-order valence-corrected chi connectivity index (χ1v) is 8.88. The number of nitrogens with one attached hydrogen (secondary N) is 2. The minimum atomic E-state index is -0.954. The van der Waals surface area contributed by atoms with Crippen LogP contribution >= 0.6 is 0 Å². The Morgan fingerprint density at radius 2 is 1.66 bits per heavy atom. The monoisotopic (exact) mass is 393 g/mol. The SMILES string of the molecule is O=C(COC(=O)C(Cc1ccccc1)NC(=O)c1ccccc1)Nc1ccon1. The molecule has 8 heteroatoms. The maximum Gasteiger partial charge on any atom is 0.329 e. The van der Waals surface area contributed by atoms with Gasteiger partial charge >= 0.3 is 5.97 Å². The van der Waals surface area contributed by atoms with E-state index in [4.69, 9.17) is 4.74 Å². The van der Waals surface area contributed by atoms with Gasteiger partial charge in [0.25, 0.3) is 11.8 Å². The van der Waals surface area contributed by atoms with E-state index in [2.05, 4.69) is 20.3 Å². The van der Waals surface area contributed by atoms with E-state index in [0.29, 0.717) is 5.56 Å². The van der Waals surface area contributed by atoms with Crippen LogP contribution in [0.5, 0.6) is 0 Å². The standard InChI is InChI=1S/C21H19N3O5/c25-19(23-18-11-12-29-24-18)14-28-21(27)17(13-15-7-3-1-4-8-15)22-20(26)16-9-5-2-6-10-16/h1-12,17H,13-14H2,(H,22,26)(H,23,24,25). The van der Waals surface area contributed by atoms with Crippen LogP contribution < -0.4 is 10.6 Å². The van der Waals surface area contributed by atoms with Crippen LogP contribution in [-0.4, -0.2) is 35.6 Å². The Hall–Kier alpha value is -3.94. The topological polar surface area (TPSA) is 111 Å². The number of nitrogens with zero attached hydrogens (tertiary/aromatic N) is 1. The molecule has 1 unspecified atom stereocenters. The van der Waals surface area contributed by atoms with Gasteiger partial charge in [0, 0.05) is 18.1 Å². The van der Waals surface area contributed by atoms with Crippen LogP contribution in [-0.2, 0) is 20.7 Å². The summed E-state index contributed by atoms with van der Waals surface area (Å²) in [7, 11) is 0. The van der Waals surface area contributed by atoms with Crippen LogP contribution in [0.2, 0.25) is 0 Å². The van der Waals surface area contributed by atoms with Gasteiger partial charge in [0.15, 0.2) is 12.4 Å². The second kappa shape index (κ2) is 9.84. The maximum absolute atomic E-state index is 12.6. The third kappa shape index (κ3) is 6.03. The fourth-order valence-corrected chi connectivity index (χ4v) is 2.57. The summed E-state index contributed by atoms with van der Waals surface area (Å²) < 4.78 is 9.71. The molecule has 0 radical (unpaired) electrons. The Labute approximate surface area is 166 Å². The molecule has 29 heavy (non-hydrogen) atoms. The van der Waals surface area contributed by atoms with E-state index in [1.54, 1.807) is 30.3 Å². The van der Waals surface area contributed by atoms with E-state index in [1.165, 1.54) is 12.3 Å². The maximum atomic E-state index is 12.6. The first-order chi connectivity index (χ1) is 14.1. The molecule has 0 aliphatic heterocycles. The van der Waals surface area contributed by atoms with Gasteiger partial charge in [-0.05, 0) is 17.7 Å². The van der Waals surface area contributed by atoms with Crippen molar-refractivity contribution in [3.63, 3.8) is 0 Å². The largest absolute Gasteiger partial charge is 0.454 e. The Kier molecular flexibility index (Phi) is 6.72. The molecule has 1 aromatic heterocycles. The molecule has 3 rings (SSSR count). The quantitative estimate of drug-likeness (QED) is 0.568. The molecule has 3 aromatic rings. The van der Waals surface area contributed by atoms with E-state index in [1.807, 2.05) is 30.3 Å². The van der Waals surface area contributed by atoms with Crippen LogP contribution in [0.3, 0.4) is 0 Å². The third-order valence-electron chi connectivity index (χ3n) is 3.96. The summed E-state index contributed by atoms with van der Waals surface area (Å²) in [4.78, 5) is 36.9. The van der Waals surface area contributed by atoms with Crippen molar-refractivity contribution < 1.29 is 23.6 Å². The minimum Gasteiger partial charge on any atom is -0.454 e. The smallest absolute Gasteiger partial charge is 0.329 e. The Bertz CT molecular complexity index is 943. The number of carbonyl (C=O) groups excluding carboxylic acids is 3. The van der Waals surface area contributed by atoms with Crippen molar-refractivity contribution in [3.05, 3.63) is 84.1 Å². The molecule has 0 saturated heterocycles. The summed E-state index contributed by atoms with van der Waals surface area (Å²) in [5.41, 5.74) is 1.26. The van der Waals surface area contributed by atoms with Gasteiger partial charge in [-0.15, -0.1) is 0 Å². The number of amides is 2. The van der Waals surface area contributed by atoms with E-state index in [0.717, 1.165) is 5.56 Å². The number of aromatic nitrogens is 1. The molecular formula is C21H19N3O5. The number of ether oxygens (including phenoxy) is 1. The van der Waals surface area contributed by atoms with Crippen LogP contribution in [0.4, 0.5) is 5.82 Å². The third-order valence-corrected chi connectivity index (χ3v) is 3.96. The summed E-state index contributed by atoms with van der Waals surface area (Å²) in [5.74, 6) is -1.48. The van der Waals surface area contributed by atoms with Crippen LogP contribution in [0.25, 0.3) is 0 Å². The van der Waals surface area contributed by atoms with E-state index >= 15 is 0 Å². The van der Waals surface area contributed by atoms with E-state index in [-0.39, 0.29) is 12.2 Å². The first-order valence-electron chi connectivity index (χ1n) is 8.88. The predicted molar refractivity (Wildman–Crippen MR) is 104 cm³/mol. The molecule has 0 aliphatic carbocycles. The van der Waals surface area contributed by atoms with E-state index < -0.39 is 30.4 Å². The van der Waals surface area contributed by atoms with Gasteiger partial charge in [-0.25, -0.2) is 4.79 Å². The average Bonchev–Trinajstić information content (AvgIpc) is 3.26. The lowest BCUT2D eigenvalue weighted by atomic mass is 10.1. The normalized spacial score (nSPS) is 11.3.